The molecule has 1 N–H and O–H groups in total. The molecule has 3 aromatic rings. The maximum absolute atomic E-state index is 12.3. The number of methoxy groups -OCH3 is 1. The van der Waals surface area contributed by atoms with E-state index in [0.29, 0.717) is 17.3 Å². The fraction of sp³-hybridized carbons (Fsp3) is 0.0714. The van der Waals surface area contributed by atoms with E-state index in [2.05, 4.69) is 25.1 Å². The van der Waals surface area contributed by atoms with E-state index in [0.717, 1.165) is 5.56 Å². The van der Waals surface area contributed by atoms with Crippen molar-refractivity contribution in [1.82, 2.24) is 25.1 Å². The van der Waals surface area contributed by atoms with Crippen LogP contribution in [0.15, 0.2) is 42.9 Å². The van der Waals surface area contributed by atoms with Crippen LogP contribution >= 0.6 is 0 Å². The first-order valence-electron chi connectivity index (χ1n) is 6.15. The number of aromatic amines is 1. The smallest absolute Gasteiger partial charge is 0.230 e. The molecule has 3 rings (SSSR count). The van der Waals surface area contributed by atoms with Gasteiger partial charge in [-0.2, -0.15) is 10.1 Å². The molecule has 0 aliphatic heterocycles. The SMILES string of the molecule is COc1ccnc(C(=O)c2ccc(-c3ncn[nH]3)cc2)n1. The standard InChI is InChI=1S/C14H11N5O2/c1-21-11-6-7-15-14(18-11)12(20)9-2-4-10(5-3-9)13-16-8-17-19-13/h2-8H,1H3,(H,16,17,19). The van der Waals surface area contributed by atoms with E-state index < -0.39 is 0 Å². The number of ketones is 1. The van der Waals surface area contributed by atoms with E-state index in [9.17, 15) is 4.79 Å². The first-order chi connectivity index (χ1) is 10.3. The molecule has 0 saturated heterocycles. The molecule has 0 fully saturated rings. The van der Waals surface area contributed by atoms with Gasteiger partial charge in [-0.25, -0.2) is 9.97 Å². The fourth-order valence-electron chi connectivity index (χ4n) is 1.82. The monoisotopic (exact) mass is 281 g/mol. The molecule has 0 amide bonds. The largest absolute Gasteiger partial charge is 0.481 e. The molecule has 21 heavy (non-hydrogen) atoms. The van der Waals surface area contributed by atoms with E-state index in [4.69, 9.17) is 4.74 Å². The molecular formula is C14H11N5O2. The molecular weight excluding hydrogens is 270 g/mol. The number of ether oxygens (including phenoxy) is 1. The van der Waals surface area contributed by atoms with E-state index in [1.165, 1.54) is 19.6 Å². The lowest BCUT2D eigenvalue weighted by atomic mass is 10.1. The van der Waals surface area contributed by atoms with Crippen LogP contribution in [0.5, 0.6) is 5.88 Å². The minimum Gasteiger partial charge on any atom is -0.481 e. The lowest BCUT2D eigenvalue weighted by molar-refractivity contribution is 0.102. The lowest BCUT2D eigenvalue weighted by Gasteiger charge is -2.03. The number of aromatic nitrogens is 5. The van der Waals surface area contributed by atoms with Crippen molar-refractivity contribution in [2.24, 2.45) is 0 Å². The minimum absolute atomic E-state index is 0.0989. The highest BCUT2D eigenvalue weighted by Crippen LogP contribution is 2.16. The molecule has 0 radical (unpaired) electrons. The number of hydrogen-bond acceptors (Lipinski definition) is 6. The molecule has 0 aliphatic carbocycles. The van der Waals surface area contributed by atoms with Crippen molar-refractivity contribution < 1.29 is 9.53 Å². The van der Waals surface area contributed by atoms with E-state index in [1.807, 2.05) is 0 Å². The number of rotatable bonds is 4. The number of carbonyl (C=O) groups is 1. The van der Waals surface area contributed by atoms with Crippen molar-refractivity contribution in [1.29, 1.82) is 0 Å². The van der Waals surface area contributed by atoms with Crippen LogP contribution in [-0.2, 0) is 0 Å². The summed E-state index contributed by atoms with van der Waals surface area (Å²) in [5.41, 5.74) is 1.34. The van der Waals surface area contributed by atoms with Gasteiger partial charge in [-0.1, -0.05) is 24.3 Å². The van der Waals surface area contributed by atoms with Crippen molar-refractivity contribution in [3.05, 3.63) is 54.2 Å². The summed E-state index contributed by atoms with van der Waals surface area (Å²) in [4.78, 5) is 24.3. The number of nitrogens with zero attached hydrogens (tertiary/aromatic N) is 4. The summed E-state index contributed by atoms with van der Waals surface area (Å²) >= 11 is 0. The quantitative estimate of drug-likeness (QED) is 0.728. The number of nitrogens with one attached hydrogen (secondary N) is 1. The third-order valence-corrected chi connectivity index (χ3v) is 2.88. The lowest BCUT2D eigenvalue weighted by Crippen LogP contribution is -2.07. The second-order valence-corrected chi connectivity index (χ2v) is 4.16. The predicted octanol–water partition coefficient (Wildman–Crippen LogP) is 1.50. The molecule has 0 atom stereocenters. The van der Waals surface area contributed by atoms with E-state index in [-0.39, 0.29) is 11.6 Å². The first-order valence-corrected chi connectivity index (χ1v) is 6.15. The van der Waals surface area contributed by atoms with Gasteiger partial charge in [0, 0.05) is 23.4 Å². The van der Waals surface area contributed by atoms with Crippen molar-refractivity contribution >= 4 is 5.78 Å². The Kier molecular flexibility index (Phi) is 3.38. The van der Waals surface area contributed by atoms with E-state index in [1.54, 1.807) is 30.3 Å². The maximum atomic E-state index is 12.3. The Labute approximate surface area is 120 Å². The Balaban J connectivity index is 1.88. The van der Waals surface area contributed by atoms with Crippen molar-refractivity contribution in [2.75, 3.05) is 7.11 Å². The van der Waals surface area contributed by atoms with Gasteiger partial charge in [-0.3, -0.25) is 9.89 Å². The van der Waals surface area contributed by atoms with Gasteiger partial charge in [0.05, 0.1) is 7.11 Å². The molecule has 2 aromatic heterocycles. The van der Waals surface area contributed by atoms with E-state index >= 15 is 0 Å². The van der Waals surface area contributed by atoms with Crippen LogP contribution in [0.25, 0.3) is 11.4 Å². The summed E-state index contributed by atoms with van der Waals surface area (Å²) in [6.07, 6.45) is 2.92. The second-order valence-electron chi connectivity index (χ2n) is 4.16. The summed E-state index contributed by atoms with van der Waals surface area (Å²) in [6.45, 7) is 0. The summed E-state index contributed by atoms with van der Waals surface area (Å²) in [5, 5.41) is 6.55. The highest BCUT2D eigenvalue weighted by Gasteiger charge is 2.13. The molecule has 0 aliphatic rings. The van der Waals surface area contributed by atoms with Gasteiger partial charge in [0.15, 0.2) is 5.82 Å². The second kappa shape index (κ2) is 5.49. The molecule has 7 heteroatoms. The predicted molar refractivity (Wildman–Crippen MR) is 73.8 cm³/mol. The van der Waals surface area contributed by atoms with Gasteiger partial charge < -0.3 is 4.74 Å². The van der Waals surface area contributed by atoms with Gasteiger partial charge >= 0.3 is 0 Å². The molecule has 104 valence electrons. The molecule has 2 heterocycles. The Morgan fingerprint density at radius 3 is 2.62 bits per heavy atom. The molecule has 0 bridgehead atoms. The van der Waals surface area contributed by atoms with Gasteiger partial charge in [0.1, 0.15) is 6.33 Å². The van der Waals surface area contributed by atoms with Gasteiger partial charge in [0.2, 0.25) is 17.5 Å². The molecule has 0 unspecified atom stereocenters. The van der Waals surface area contributed by atoms with Crippen LogP contribution in [0.1, 0.15) is 16.2 Å². The van der Waals surface area contributed by atoms with Crippen molar-refractivity contribution in [3.63, 3.8) is 0 Å². The average Bonchev–Trinajstić information content (AvgIpc) is 3.09. The third kappa shape index (κ3) is 2.62. The molecule has 0 saturated carbocycles. The summed E-state index contributed by atoms with van der Waals surface area (Å²) in [7, 11) is 1.49. The third-order valence-electron chi connectivity index (χ3n) is 2.88. The summed E-state index contributed by atoms with van der Waals surface area (Å²) in [6, 6.07) is 8.55. The Morgan fingerprint density at radius 2 is 1.95 bits per heavy atom. The van der Waals surface area contributed by atoms with Crippen LogP contribution in [0.2, 0.25) is 0 Å². The Morgan fingerprint density at radius 1 is 1.14 bits per heavy atom. The molecule has 7 nitrogen and oxygen atoms in total. The van der Waals surface area contributed by atoms with Crippen LogP contribution in [0.3, 0.4) is 0 Å². The average molecular weight is 281 g/mol. The van der Waals surface area contributed by atoms with Crippen LogP contribution in [0.4, 0.5) is 0 Å². The number of carbonyl (C=O) groups excluding carboxylic acids is 1. The van der Waals surface area contributed by atoms with Gasteiger partial charge in [-0.05, 0) is 0 Å². The first kappa shape index (κ1) is 12.9. The number of benzene rings is 1. The number of hydrogen-bond donors (Lipinski definition) is 1. The highest BCUT2D eigenvalue weighted by atomic mass is 16.5. The summed E-state index contributed by atoms with van der Waals surface area (Å²) < 4.78 is 4.99. The fourth-order valence-corrected chi connectivity index (χ4v) is 1.82. The van der Waals surface area contributed by atoms with Crippen LogP contribution in [0, 0.1) is 0 Å². The summed E-state index contributed by atoms with van der Waals surface area (Å²) in [5.74, 6) is 0.832. The zero-order valence-corrected chi connectivity index (χ0v) is 11.1. The van der Waals surface area contributed by atoms with Gasteiger partial charge in [0.25, 0.3) is 0 Å². The molecule has 0 spiro atoms. The van der Waals surface area contributed by atoms with Gasteiger partial charge in [-0.15, -0.1) is 0 Å². The normalized spacial score (nSPS) is 10.3. The Hall–Kier alpha value is -3.09. The van der Waals surface area contributed by atoms with Crippen molar-refractivity contribution in [2.45, 2.75) is 0 Å². The highest BCUT2D eigenvalue weighted by molar-refractivity contribution is 6.06. The number of H-pyrrole nitrogens is 1. The zero-order valence-electron chi connectivity index (χ0n) is 11.1. The molecule has 1 aromatic carbocycles. The maximum Gasteiger partial charge on any atom is 0.230 e. The zero-order chi connectivity index (χ0) is 14.7. The minimum atomic E-state index is -0.266. The van der Waals surface area contributed by atoms with Crippen molar-refractivity contribution in [3.8, 4) is 17.3 Å². The Bertz CT molecular complexity index is 753. The van der Waals surface area contributed by atoms with Crippen LogP contribution < -0.4 is 4.74 Å². The van der Waals surface area contributed by atoms with Crippen LogP contribution in [-0.4, -0.2) is 38.0 Å². The topological polar surface area (TPSA) is 93.6 Å².